The molecule has 2 atom stereocenters. The number of nitrogens with zero attached hydrogens (tertiary/aromatic N) is 1. The van der Waals surface area contributed by atoms with Gasteiger partial charge in [-0.05, 0) is 42.9 Å². The van der Waals surface area contributed by atoms with Gasteiger partial charge >= 0.3 is 6.03 Å². The number of carbonyl (C=O) groups excluding carboxylic acids is 1. The first-order valence-electron chi connectivity index (χ1n) is 7.62. The van der Waals surface area contributed by atoms with Gasteiger partial charge in [-0.15, -0.1) is 0 Å². The molecule has 2 unspecified atom stereocenters. The Labute approximate surface area is 141 Å². The van der Waals surface area contributed by atoms with E-state index in [1.54, 1.807) is 11.0 Å². The van der Waals surface area contributed by atoms with Crippen molar-refractivity contribution in [2.24, 2.45) is 5.92 Å². The van der Waals surface area contributed by atoms with Crippen LogP contribution in [0.25, 0.3) is 0 Å². The van der Waals surface area contributed by atoms with Crippen LogP contribution in [-0.4, -0.2) is 41.8 Å². The summed E-state index contributed by atoms with van der Waals surface area (Å²) in [7, 11) is 0. The van der Waals surface area contributed by atoms with E-state index < -0.39 is 0 Å². The molecule has 0 bridgehead atoms. The number of halogens is 2. The molecule has 1 heterocycles. The Morgan fingerprint density at radius 1 is 1.45 bits per heavy atom. The smallest absolute Gasteiger partial charge is 0.317 e. The van der Waals surface area contributed by atoms with Gasteiger partial charge in [0.2, 0.25) is 0 Å². The number of hydrogen-bond acceptors (Lipinski definition) is 2. The zero-order valence-electron chi connectivity index (χ0n) is 12.7. The number of nitrogens with one attached hydrogen (secondary N) is 1. The van der Waals surface area contributed by atoms with E-state index in [0.29, 0.717) is 29.1 Å². The monoisotopic (exact) mass is 344 g/mol. The number of carbonyl (C=O) groups is 1. The standard InChI is InChI=1S/C16H22Cl2N2O2/c1-11-6-8-20(15(11)10-21)16(22)19-7-2-3-12-4-5-13(17)9-14(12)18/h4-5,9,11,15,21H,2-3,6-8,10H2,1H3,(H,19,22). The summed E-state index contributed by atoms with van der Waals surface area (Å²) in [6.07, 6.45) is 2.54. The van der Waals surface area contributed by atoms with Crippen LogP contribution in [0.3, 0.4) is 0 Å². The predicted octanol–water partition coefficient (Wildman–Crippen LogP) is 3.34. The van der Waals surface area contributed by atoms with Crippen LogP contribution in [0.4, 0.5) is 4.79 Å². The minimum atomic E-state index is -0.0920. The molecular weight excluding hydrogens is 323 g/mol. The third-order valence-electron chi connectivity index (χ3n) is 4.24. The van der Waals surface area contributed by atoms with Gasteiger partial charge in [0.1, 0.15) is 0 Å². The highest BCUT2D eigenvalue weighted by atomic mass is 35.5. The van der Waals surface area contributed by atoms with Crippen molar-refractivity contribution in [3.63, 3.8) is 0 Å². The molecule has 2 rings (SSSR count). The van der Waals surface area contributed by atoms with Crippen LogP contribution in [0.15, 0.2) is 18.2 Å². The van der Waals surface area contributed by atoms with Gasteiger partial charge in [0, 0.05) is 23.1 Å². The molecule has 0 spiro atoms. The lowest BCUT2D eigenvalue weighted by Gasteiger charge is -2.25. The molecule has 6 heteroatoms. The van der Waals surface area contributed by atoms with Crippen LogP contribution in [0.5, 0.6) is 0 Å². The summed E-state index contributed by atoms with van der Waals surface area (Å²) >= 11 is 12.0. The topological polar surface area (TPSA) is 52.6 Å². The van der Waals surface area contributed by atoms with Gasteiger partial charge in [-0.3, -0.25) is 0 Å². The van der Waals surface area contributed by atoms with E-state index in [1.165, 1.54) is 0 Å². The largest absolute Gasteiger partial charge is 0.394 e. The maximum absolute atomic E-state index is 12.1. The number of benzene rings is 1. The normalized spacial score (nSPS) is 21.2. The molecule has 1 saturated heterocycles. The Balaban J connectivity index is 1.75. The summed E-state index contributed by atoms with van der Waals surface area (Å²) in [5.41, 5.74) is 1.03. The Kier molecular flexibility index (Phi) is 6.36. The maximum Gasteiger partial charge on any atom is 0.317 e. The molecule has 122 valence electrons. The second kappa shape index (κ2) is 8.04. The molecule has 0 aliphatic carbocycles. The molecule has 1 aliphatic heterocycles. The summed E-state index contributed by atoms with van der Waals surface area (Å²) in [5.74, 6) is 0.351. The van der Waals surface area contributed by atoms with Crippen LogP contribution >= 0.6 is 23.2 Å². The number of aryl methyl sites for hydroxylation is 1. The second-order valence-electron chi connectivity index (χ2n) is 5.78. The highest BCUT2D eigenvalue weighted by Gasteiger charge is 2.33. The van der Waals surface area contributed by atoms with Crippen molar-refractivity contribution in [1.82, 2.24) is 10.2 Å². The molecule has 22 heavy (non-hydrogen) atoms. The van der Waals surface area contributed by atoms with E-state index in [-0.39, 0.29) is 18.7 Å². The average Bonchev–Trinajstić information content (AvgIpc) is 2.86. The Hall–Kier alpha value is -0.970. The maximum atomic E-state index is 12.1. The fourth-order valence-electron chi connectivity index (χ4n) is 2.84. The van der Waals surface area contributed by atoms with Gasteiger partial charge in [-0.2, -0.15) is 0 Å². The summed E-state index contributed by atoms with van der Waals surface area (Å²) in [6, 6.07) is 5.31. The minimum Gasteiger partial charge on any atom is -0.394 e. The first kappa shape index (κ1) is 17.4. The number of aliphatic hydroxyl groups excluding tert-OH is 1. The lowest BCUT2D eigenvalue weighted by atomic mass is 10.0. The van der Waals surface area contributed by atoms with Crippen molar-refractivity contribution in [3.8, 4) is 0 Å². The fraction of sp³-hybridized carbons (Fsp3) is 0.562. The van der Waals surface area contributed by atoms with Gasteiger partial charge in [-0.1, -0.05) is 36.2 Å². The molecule has 1 fully saturated rings. The van der Waals surface area contributed by atoms with Crippen LogP contribution in [0, 0.1) is 5.92 Å². The average molecular weight is 345 g/mol. The van der Waals surface area contributed by atoms with Crippen molar-refractivity contribution in [2.45, 2.75) is 32.2 Å². The Bertz CT molecular complexity index is 525. The molecule has 2 amide bonds. The van der Waals surface area contributed by atoms with E-state index in [4.69, 9.17) is 23.2 Å². The molecule has 0 saturated carbocycles. The number of aliphatic hydroxyl groups is 1. The molecule has 1 aromatic carbocycles. The van der Waals surface area contributed by atoms with Crippen molar-refractivity contribution >= 4 is 29.2 Å². The van der Waals surface area contributed by atoms with Gasteiger partial charge in [0.05, 0.1) is 12.6 Å². The number of hydrogen-bond donors (Lipinski definition) is 2. The third kappa shape index (κ3) is 4.28. The molecule has 1 aromatic rings. The highest BCUT2D eigenvalue weighted by Crippen LogP contribution is 2.24. The summed E-state index contributed by atoms with van der Waals surface area (Å²) in [6.45, 7) is 3.38. The first-order valence-corrected chi connectivity index (χ1v) is 8.37. The van der Waals surface area contributed by atoms with Crippen molar-refractivity contribution in [2.75, 3.05) is 19.7 Å². The Morgan fingerprint density at radius 2 is 2.23 bits per heavy atom. The quantitative estimate of drug-likeness (QED) is 0.805. The van der Waals surface area contributed by atoms with Crippen LogP contribution < -0.4 is 5.32 Å². The van der Waals surface area contributed by atoms with Crippen LogP contribution in [0.2, 0.25) is 10.0 Å². The first-order chi connectivity index (χ1) is 10.5. The van der Waals surface area contributed by atoms with Gasteiger partial charge < -0.3 is 15.3 Å². The van der Waals surface area contributed by atoms with Gasteiger partial charge in [0.15, 0.2) is 0 Å². The number of rotatable bonds is 5. The summed E-state index contributed by atoms with van der Waals surface area (Å²) in [5, 5.41) is 13.6. The number of likely N-dealkylation sites (tertiary alicyclic amines) is 1. The molecule has 4 nitrogen and oxygen atoms in total. The zero-order valence-corrected chi connectivity index (χ0v) is 14.2. The van der Waals surface area contributed by atoms with E-state index >= 15 is 0 Å². The van der Waals surface area contributed by atoms with E-state index in [1.807, 2.05) is 12.1 Å². The number of urea groups is 1. The number of amides is 2. The SMILES string of the molecule is CC1CCN(C(=O)NCCCc2ccc(Cl)cc2Cl)C1CO. The van der Waals surface area contributed by atoms with E-state index in [9.17, 15) is 9.90 Å². The van der Waals surface area contributed by atoms with Gasteiger partial charge in [0.25, 0.3) is 0 Å². The molecule has 2 N–H and O–H groups in total. The zero-order chi connectivity index (χ0) is 16.1. The molecule has 0 aromatic heterocycles. The molecule has 1 aliphatic rings. The van der Waals surface area contributed by atoms with Gasteiger partial charge in [-0.25, -0.2) is 4.79 Å². The Morgan fingerprint density at radius 3 is 2.91 bits per heavy atom. The van der Waals surface area contributed by atoms with E-state index in [2.05, 4.69) is 12.2 Å². The lowest BCUT2D eigenvalue weighted by molar-refractivity contribution is 0.144. The summed E-state index contributed by atoms with van der Waals surface area (Å²) < 4.78 is 0. The van der Waals surface area contributed by atoms with Crippen molar-refractivity contribution in [3.05, 3.63) is 33.8 Å². The highest BCUT2D eigenvalue weighted by molar-refractivity contribution is 6.35. The van der Waals surface area contributed by atoms with Crippen molar-refractivity contribution in [1.29, 1.82) is 0 Å². The van der Waals surface area contributed by atoms with Crippen molar-refractivity contribution < 1.29 is 9.90 Å². The summed E-state index contributed by atoms with van der Waals surface area (Å²) in [4.78, 5) is 13.9. The second-order valence-corrected chi connectivity index (χ2v) is 6.62. The molecular formula is C16H22Cl2N2O2. The lowest BCUT2D eigenvalue weighted by Crippen LogP contribution is -2.45. The van der Waals surface area contributed by atoms with Crippen LogP contribution in [-0.2, 0) is 6.42 Å². The molecule has 0 radical (unpaired) electrons. The van der Waals surface area contributed by atoms with Crippen LogP contribution in [0.1, 0.15) is 25.3 Å². The predicted molar refractivity (Wildman–Crippen MR) is 89.5 cm³/mol. The van der Waals surface area contributed by atoms with E-state index in [0.717, 1.165) is 24.8 Å². The fourth-order valence-corrected chi connectivity index (χ4v) is 3.34. The third-order valence-corrected chi connectivity index (χ3v) is 4.83. The minimum absolute atomic E-state index is 0.0228.